The minimum atomic E-state index is 0.507. The second-order valence-corrected chi connectivity index (χ2v) is 4.15. The fourth-order valence-corrected chi connectivity index (χ4v) is 1.87. The maximum atomic E-state index is 6.17. The van der Waals surface area contributed by atoms with Gasteiger partial charge in [0, 0.05) is 5.70 Å². The third kappa shape index (κ3) is 2.50. The van der Waals surface area contributed by atoms with Crippen LogP contribution in [0, 0.1) is 5.92 Å². The molecule has 1 nitrogen and oxygen atoms in total. The molecule has 0 aliphatic heterocycles. The Morgan fingerprint density at radius 1 is 1.50 bits per heavy atom. The first-order valence-corrected chi connectivity index (χ1v) is 5.48. The molecule has 0 aromatic carbocycles. The zero-order valence-corrected chi connectivity index (χ0v) is 9.51. The van der Waals surface area contributed by atoms with Crippen LogP contribution in [0.5, 0.6) is 0 Å². The first-order chi connectivity index (χ1) is 6.66. The summed E-state index contributed by atoms with van der Waals surface area (Å²) in [5.41, 5.74) is 9.81. The molecular formula is C13H21N. The lowest BCUT2D eigenvalue weighted by Crippen LogP contribution is -2.07. The molecule has 0 bridgehead atoms. The summed E-state index contributed by atoms with van der Waals surface area (Å²) < 4.78 is 0. The van der Waals surface area contributed by atoms with Gasteiger partial charge in [0.15, 0.2) is 0 Å². The molecule has 1 heteroatoms. The molecule has 1 rings (SSSR count). The highest BCUT2D eigenvalue weighted by molar-refractivity contribution is 5.40. The molecule has 0 aromatic rings. The van der Waals surface area contributed by atoms with E-state index in [1.54, 1.807) is 0 Å². The van der Waals surface area contributed by atoms with Crippen molar-refractivity contribution in [3.05, 3.63) is 35.1 Å². The fourth-order valence-electron chi connectivity index (χ4n) is 1.87. The quantitative estimate of drug-likeness (QED) is 0.678. The van der Waals surface area contributed by atoms with Crippen molar-refractivity contribution in [1.82, 2.24) is 0 Å². The Bertz CT molecular complexity index is 280. The molecule has 0 fully saturated rings. The Kier molecular flexibility index (Phi) is 3.99. The summed E-state index contributed by atoms with van der Waals surface area (Å²) in [6, 6.07) is 0. The van der Waals surface area contributed by atoms with Gasteiger partial charge in [-0.2, -0.15) is 0 Å². The van der Waals surface area contributed by atoms with E-state index in [4.69, 9.17) is 5.73 Å². The molecule has 14 heavy (non-hydrogen) atoms. The van der Waals surface area contributed by atoms with Crippen molar-refractivity contribution >= 4 is 0 Å². The predicted molar refractivity (Wildman–Crippen MR) is 62.8 cm³/mol. The summed E-state index contributed by atoms with van der Waals surface area (Å²) in [5, 5.41) is 0. The number of hydrogen-bond acceptors (Lipinski definition) is 1. The van der Waals surface area contributed by atoms with E-state index in [0.717, 1.165) is 12.1 Å². The largest absolute Gasteiger partial charge is 0.398 e. The van der Waals surface area contributed by atoms with Crippen LogP contribution in [-0.2, 0) is 0 Å². The normalized spacial score (nSPS) is 19.0. The third-order valence-electron chi connectivity index (χ3n) is 2.67. The molecule has 0 amide bonds. The SMILES string of the molecule is C/C=C\C(=C(/N)C1=CCCC1)C(C)C. The van der Waals surface area contributed by atoms with Crippen molar-refractivity contribution in [2.24, 2.45) is 11.7 Å². The highest BCUT2D eigenvalue weighted by Crippen LogP contribution is 2.26. The molecule has 78 valence electrons. The zero-order valence-electron chi connectivity index (χ0n) is 9.51. The molecule has 1 aliphatic carbocycles. The lowest BCUT2D eigenvalue weighted by molar-refractivity contribution is 0.775. The lowest BCUT2D eigenvalue weighted by Gasteiger charge is -2.12. The number of allylic oxidation sites excluding steroid dienone is 5. The highest BCUT2D eigenvalue weighted by atomic mass is 14.6. The van der Waals surface area contributed by atoms with Gasteiger partial charge < -0.3 is 5.73 Å². The molecular weight excluding hydrogens is 170 g/mol. The van der Waals surface area contributed by atoms with Gasteiger partial charge in [-0.1, -0.05) is 32.1 Å². The van der Waals surface area contributed by atoms with Crippen LogP contribution in [0.25, 0.3) is 0 Å². The standard InChI is InChI=1S/C13H21N/c1-4-7-12(10(2)3)13(14)11-8-5-6-9-11/h4,7-8,10H,5-6,9,14H2,1-3H3/b7-4-,13-12+. The van der Waals surface area contributed by atoms with Gasteiger partial charge in [-0.3, -0.25) is 0 Å². The summed E-state index contributed by atoms with van der Waals surface area (Å²) in [7, 11) is 0. The van der Waals surface area contributed by atoms with Crippen molar-refractivity contribution in [3.63, 3.8) is 0 Å². The Hall–Kier alpha value is -0.980. The van der Waals surface area contributed by atoms with E-state index in [1.807, 2.05) is 6.92 Å². The minimum Gasteiger partial charge on any atom is -0.398 e. The maximum absolute atomic E-state index is 6.17. The van der Waals surface area contributed by atoms with Gasteiger partial charge in [0.1, 0.15) is 0 Å². The Balaban J connectivity index is 2.96. The predicted octanol–water partition coefficient (Wildman–Crippen LogP) is 3.54. The van der Waals surface area contributed by atoms with Gasteiger partial charge in [-0.15, -0.1) is 0 Å². The maximum Gasteiger partial charge on any atom is 0.0378 e. The molecule has 0 saturated carbocycles. The van der Waals surface area contributed by atoms with Crippen molar-refractivity contribution in [2.45, 2.75) is 40.0 Å². The van der Waals surface area contributed by atoms with Crippen molar-refractivity contribution in [1.29, 1.82) is 0 Å². The van der Waals surface area contributed by atoms with E-state index in [0.29, 0.717) is 5.92 Å². The van der Waals surface area contributed by atoms with Gasteiger partial charge in [-0.25, -0.2) is 0 Å². The van der Waals surface area contributed by atoms with E-state index >= 15 is 0 Å². The van der Waals surface area contributed by atoms with E-state index in [1.165, 1.54) is 24.0 Å². The first kappa shape index (κ1) is 11.1. The van der Waals surface area contributed by atoms with Crippen LogP contribution >= 0.6 is 0 Å². The minimum absolute atomic E-state index is 0.507. The van der Waals surface area contributed by atoms with E-state index in [9.17, 15) is 0 Å². The van der Waals surface area contributed by atoms with Gasteiger partial charge in [0.25, 0.3) is 0 Å². The van der Waals surface area contributed by atoms with Gasteiger partial charge in [-0.05, 0) is 43.3 Å². The summed E-state index contributed by atoms with van der Waals surface area (Å²) in [6.07, 6.45) is 10.1. The Morgan fingerprint density at radius 2 is 2.21 bits per heavy atom. The fraction of sp³-hybridized carbons (Fsp3) is 0.538. The number of hydrogen-bond donors (Lipinski definition) is 1. The van der Waals surface area contributed by atoms with Crippen LogP contribution in [0.15, 0.2) is 35.1 Å². The third-order valence-corrected chi connectivity index (χ3v) is 2.67. The van der Waals surface area contributed by atoms with Gasteiger partial charge in [0.05, 0.1) is 0 Å². The summed E-state index contributed by atoms with van der Waals surface area (Å²) in [4.78, 5) is 0. The van der Waals surface area contributed by atoms with Gasteiger partial charge in [0.2, 0.25) is 0 Å². The van der Waals surface area contributed by atoms with Crippen LogP contribution in [0.4, 0.5) is 0 Å². The van der Waals surface area contributed by atoms with Gasteiger partial charge >= 0.3 is 0 Å². The number of nitrogens with two attached hydrogens (primary N) is 1. The number of rotatable bonds is 3. The van der Waals surface area contributed by atoms with Crippen molar-refractivity contribution < 1.29 is 0 Å². The molecule has 0 spiro atoms. The van der Waals surface area contributed by atoms with Crippen molar-refractivity contribution in [2.75, 3.05) is 0 Å². The molecule has 0 saturated heterocycles. The molecule has 0 aromatic heterocycles. The average Bonchev–Trinajstić information content (AvgIpc) is 2.65. The topological polar surface area (TPSA) is 26.0 Å². The van der Waals surface area contributed by atoms with E-state index in [-0.39, 0.29) is 0 Å². The van der Waals surface area contributed by atoms with Crippen LogP contribution in [0.2, 0.25) is 0 Å². The summed E-state index contributed by atoms with van der Waals surface area (Å²) in [6.45, 7) is 6.42. The molecule has 0 radical (unpaired) electrons. The highest BCUT2D eigenvalue weighted by Gasteiger charge is 2.12. The molecule has 0 unspecified atom stereocenters. The smallest absolute Gasteiger partial charge is 0.0378 e. The zero-order chi connectivity index (χ0) is 10.6. The van der Waals surface area contributed by atoms with Crippen LogP contribution in [-0.4, -0.2) is 0 Å². The summed E-state index contributed by atoms with van der Waals surface area (Å²) in [5.74, 6) is 0.507. The molecule has 0 atom stereocenters. The molecule has 1 aliphatic rings. The second kappa shape index (κ2) is 5.04. The monoisotopic (exact) mass is 191 g/mol. The van der Waals surface area contributed by atoms with E-state index < -0.39 is 0 Å². The Labute approximate surface area is 87.4 Å². The van der Waals surface area contributed by atoms with Crippen LogP contribution < -0.4 is 5.73 Å². The first-order valence-electron chi connectivity index (χ1n) is 5.48. The lowest BCUT2D eigenvalue weighted by atomic mass is 9.97. The van der Waals surface area contributed by atoms with Crippen molar-refractivity contribution in [3.8, 4) is 0 Å². The van der Waals surface area contributed by atoms with Crippen LogP contribution in [0.1, 0.15) is 40.0 Å². The average molecular weight is 191 g/mol. The molecule has 0 heterocycles. The molecule has 2 N–H and O–H groups in total. The van der Waals surface area contributed by atoms with Crippen LogP contribution in [0.3, 0.4) is 0 Å². The summed E-state index contributed by atoms with van der Waals surface area (Å²) >= 11 is 0. The Morgan fingerprint density at radius 3 is 2.64 bits per heavy atom. The second-order valence-electron chi connectivity index (χ2n) is 4.15. The van der Waals surface area contributed by atoms with E-state index in [2.05, 4.69) is 32.1 Å².